The summed E-state index contributed by atoms with van der Waals surface area (Å²) < 4.78 is 48.0. The number of alkyl halides is 1. The Labute approximate surface area is 425 Å². The first-order valence-electron chi connectivity index (χ1n) is 23.0. The van der Waals surface area contributed by atoms with Crippen molar-refractivity contribution in [3.63, 3.8) is 0 Å². The van der Waals surface area contributed by atoms with Crippen LogP contribution in [-0.4, -0.2) is 123 Å². The van der Waals surface area contributed by atoms with Gasteiger partial charge in [-0.25, -0.2) is 4.98 Å². The van der Waals surface area contributed by atoms with Crippen LogP contribution in [0.3, 0.4) is 0 Å². The molecule has 0 spiro atoms. The molecule has 6 N–H and O–H groups in total. The van der Waals surface area contributed by atoms with Crippen molar-refractivity contribution in [1.29, 1.82) is 0 Å². The normalized spacial score (nSPS) is 12.6. The Bertz CT molecular complexity index is 2710. The Hall–Kier alpha value is -7.53. The molecule has 0 aliphatic carbocycles. The summed E-state index contributed by atoms with van der Waals surface area (Å²) in [5, 5.41) is 11.9. The fraction of sp³-hybridized carbons (Fsp3) is 0.347. The zero-order valence-electron chi connectivity index (χ0n) is 39.9. The maximum atomic E-state index is 12.2. The highest BCUT2D eigenvalue weighted by Crippen LogP contribution is 2.35. The topological polar surface area (TPSA) is 246 Å². The number of amides is 3. The number of ether oxygens (including phenoxy) is 8. The lowest BCUT2D eigenvalue weighted by Gasteiger charge is -2.14. The van der Waals surface area contributed by atoms with Crippen molar-refractivity contribution in [1.82, 2.24) is 40.2 Å². The SMILES string of the molecule is CN(CC(=O)NCCc1ccc2c(c1)OCO2)c1nc(-n2ccnc2)ns1.CNCC(=O)NCCc1ccc2c(c1)OCO2.NCCc1ccc2c(c1)OCO2.O=C(CCl)NCCc1ccc2c(c1)OCO2. The van der Waals surface area contributed by atoms with Gasteiger partial charge in [-0.1, -0.05) is 24.3 Å². The minimum atomic E-state index is -0.151. The maximum absolute atomic E-state index is 12.2. The second-order valence-electron chi connectivity index (χ2n) is 16.0. The third kappa shape index (κ3) is 15.7. The largest absolute Gasteiger partial charge is 0.454 e. The molecule has 0 bridgehead atoms. The average Bonchev–Trinajstić information content (AvgIpc) is 4.25. The minimum Gasteiger partial charge on any atom is -0.454 e. The van der Waals surface area contributed by atoms with E-state index in [-0.39, 0.29) is 50.5 Å². The summed E-state index contributed by atoms with van der Waals surface area (Å²) in [5.74, 6) is 6.61. The number of nitrogens with two attached hydrogens (primary N) is 1. The van der Waals surface area contributed by atoms with Crippen LogP contribution >= 0.6 is 23.1 Å². The Morgan fingerprint density at radius 2 is 1.07 bits per heavy atom. The molecular formula is C49H57ClN10O11S. The summed E-state index contributed by atoms with van der Waals surface area (Å²) in [6, 6.07) is 23.3. The number of carbonyl (C=O) groups excluding carboxylic acids is 3. The molecule has 6 aromatic rings. The molecule has 4 aliphatic heterocycles. The van der Waals surface area contributed by atoms with Crippen LogP contribution in [0.1, 0.15) is 22.3 Å². The van der Waals surface area contributed by atoms with Gasteiger partial charge in [0, 0.05) is 50.6 Å². The quantitative estimate of drug-likeness (QED) is 0.0770. The van der Waals surface area contributed by atoms with Gasteiger partial charge in [-0.05, 0) is 110 Å². The molecule has 4 aromatic carbocycles. The van der Waals surface area contributed by atoms with Crippen molar-refractivity contribution >= 4 is 46.0 Å². The lowest BCUT2D eigenvalue weighted by atomic mass is 10.1. The van der Waals surface area contributed by atoms with Crippen LogP contribution < -0.4 is 69.8 Å². The fourth-order valence-electron chi connectivity index (χ4n) is 7.05. The molecule has 0 radical (unpaired) electrons. The maximum Gasteiger partial charge on any atom is 0.248 e. The number of hydrogen-bond acceptors (Lipinski definition) is 18. The number of imidazole rings is 1. The van der Waals surface area contributed by atoms with E-state index in [1.165, 1.54) is 17.1 Å². The Morgan fingerprint density at radius 3 is 1.49 bits per heavy atom. The minimum absolute atomic E-state index is 0.00113. The van der Waals surface area contributed by atoms with E-state index in [4.69, 9.17) is 55.2 Å². The Kier molecular flexibility index (Phi) is 19.7. The van der Waals surface area contributed by atoms with Gasteiger partial charge < -0.3 is 69.8 Å². The first kappa shape index (κ1) is 52.3. The molecule has 21 nitrogen and oxygen atoms in total. The van der Waals surface area contributed by atoms with Gasteiger partial charge in [0.15, 0.2) is 46.0 Å². The standard InChI is InChI=1S/C17H18N6O3S.C12H16N2O3.C11H12ClNO3.C9H11NO2/c1-22(17-20-16(21-27-17)23-7-6-18-10-23)9-15(24)19-5-4-12-2-3-13-14(8-12)26-11-25-13;1-13-7-12(15)14-5-4-9-2-3-10-11(6-9)17-8-16-10;12-6-11(14)13-4-3-8-1-2-9-10(5-8)16-7-15-9;10-4-3-7-1-2-8-9(5-7)12-6-11-8/h2-3,6-8,10H,4-5,9,11H2,1H3,(H,19,24);2-3,6,13H,4-5,7-8H2,1H3,(H,14,15);1-2,5H,3-4,6-7H2,(H,13,14);1-2,5H,3-4,6,10H2. The number of hydrogen-bond donors (Lipinski definition) is 5. The van der Waals surface area contributed by atoms with E-state index in [0.29, 0.717) is 50.6 Å². The molecule has 72 heavy (non-hydrogen) atoms. The van der Waals surface area contributed by atoms with Gasteiger partial charge in [-0.3, -0.25) is 19.0 Å². The molecule has 4 aliphatic rings. The number of benzene rings is 4. The highest BCUT2D eigenvalue weighted by atomic mass is 35.5. The van der Waals surface area contributed by atoms with Crippen LogP contribution in [-0.2, 0) is 40.1 Å². The first-order valence-corrected chi connectivity index (χ1v) is 24.3. The van der Waals surface area contributed by atoms with Crippen LogP contribution in [0.5, 0.6) is 46.0 Å². The van der Waals surface area contributed by atoms with Crippen LogP contribution in [0.15, 0.2) is 91.5 Å². The van der Waals surface area contributed by atoms with E-state index < -0.39 is 0 Å². The van der Waals surface area contributed by atoms with Crippen LogP contribution in [0.4, 0.5) is 5.13 Å². The van der Waals surface area contributed by atoms with E-state index in [1.807, 2.05) is 79.8 Å². The predicted molar refractivity (Wildman–Crippen MR) is 268 cm³/mol. The van der Waals surface area contributed by atoms with Gasteiger partial charge in [0.1, 0.15) is 12.2 Å². The number of carbonyl (C=O) groups is 3. The van der Waals surface area contributed by atoms with E-state index in [1.54, 1.807) is 35.2 Å². The fourth-order valence-corrected chi connectivity index (χ4v) is 7.77. The number of nitrogens with one attached hydrogen (secondary N) is 4. The lowest BCUT2D eigenvalue weighted by molar-refractivity contribution is -0.120. The molecule has 0 fully saturated rings. The van der Waals surface area contributed by atoms with Crippen molar-refractivity contribution in [3.05, 3.63) is 114 Å². The number of nitrogens with zero attached hydrogens (tertiary/aromatic N) is 5. The number of halogens is 1. The number of fused-ring (bicyclic) bond motifs is 4. The third-order valence-electron chi connectivity index (χ3n) is 10.7. The summed E-state index contributed by atoms with van der Waals surface area (Å²) in [4.78, 5) is 44.5. The van der Waals surface area contributed by atoms with E-state index >= 15 is 0 Å². The third-order valence-corrected chi connectivity index (χ3v) is 11.8. The number of likely N-dealkylation sites (N-methyl/N-ethyl adjacent to an activating group) is 2. The Balaban J connectivity index is 0.000000148. The number of rotatable bonds is 18. The van der Waals surface area contributed by atoms with E-state index in [0.717, 1.165) is 88.4 Å². The van der Waals surface area contributed by atoms with E-state index in [2.05, 4.69) is 35.6 Å². The second kappa shape index (κ2) is 27.2. The molecule has 0 atom stereocenters. The summed E-state index contributed by atoms with van der Waals surface area (Å²) >= 11 is 6.60. The highest BCUT2D eigenvalue weighted by Gasteiger charge is 2.17. The van der Waals surface area contributed by atoms with Crippen LogP contribution in [0.2, 0.25) is 0 Å². The molecule has 0 unspecified atom stereocenters. The predicted octanol–water partition coefficient (Wildman–Crippen LogP) is 3.77. The van der Waals surface area contributed by atoms with Crippen molar-refractivity contribution in [2.24, 2.45) is 5.73 Å². The molecule has 10 rings (SSSR count). The molecule has 23 heteroatoms. The molecule has 2 aromatic heterocycles. The molecule has 0 saturated carbocycles. The monoisotopic (exact) mass is 1030 g/mol. The second-order valence-corrected chi connectivity index (χ2v) is 17.0. The smallest absolute Gasteiger partial charge is 0.248 e. The van der Waals surface area contributed by atoms with Crippen molar-refractivity contribution in [2.75, 3.05) is 91.3 Å². The van der Waals surface area contributed by atoms with Crippen molar-refractivity contribution < 1.29 is 52.3 Å². The lowest BCUT2D eigenvalue weighted by Crippen LogP contribution is -2.36. The van der Waals surface area contributed by atoms with Crippen molar-refractivity contribution in [3.8, 4) is 51.9 Å². The first-order chi connectivity index (χ1) is 35.2. The molecule has 382 valence electrons. The number of aromatic nitrogens is 4. The summed E-state index contributed by atoms with van der Waals surface area (Å²) in [7, 11) is 3.56. The molecule has 0 saturated heterocycles. The van der Waals surface area contributed by atoms with Gasteiger partial charge in [0.25, 0.3) is 0 Å². The number of anilines is 1. The molecule has 3 amide bonds. The van der Waals surface area contributed by atoms with Gasteiger partial charge in [-0.2, -0.15) is 9.36 Å². The summed E-state index contributed by atoms with van der Waals surface area (Å²) in [6.45, 7) is 4.13. The van der Waals surface area contributed by atoms with Gasteiger partial charge in [-0.15, -0.1) is 11.6 Å². The Morgan fingerprint density at radius 1 is 0.639 bits per heavy atom. The average molecular weight is 1030 g/mol. The summed E-state index contributed by atoms with van der Waals surface area (Å²) in [6.07, 6.45) is 8.21. The zero-order valence-corrected chi connectivity index (χ0v) is 41.4. The zero-order chi connectivity index (χ0) is 50.5. The van der Waals surface area contributed by atoms with Crippen molar-refractivity contribution in [2.45, 2.75) is 25.7 Å². The molecule has 6 heterocycles. The van der Waals surface area contributed by atoms with Gasteiger partial charge in [0.05, 0.1) is 13.1 Å². The van der Waals surface area contributed by atoms with Gasteiger partial charge >= 0.3 is 0 Å². The highest BCUT2D eigenvalue weighted by molar-refractivity contribution is 7.09. The van der Waals surface area contributed by atoms with E-state index in [9.17, 15) is 14.4 Å². The van der Waals surface area contributed by atoms with Crippen LogP contribution in [0, 0.1) is 0 Å². The molecular weight excluding hydrogens is 972 g/mol. The van der Waals surface area contributed by atoms with Gasteiger partial charge in [0.2, 0.25) is 56.0 Å². The summed E-state index contributed by atoms with van der Waals surface area (Å²) in [5.41, 5.74) is 9.94. The van der Waals surface area contributed by atoms with Crippen LogP contribution in [0.25, 0.3) is 5.95 Å².